The molecular formula is C17H23N3O. The summed E-state index contributed by atoms with van der Waals surface area (Å²) in [5.74, 6) is 5.80. The fraction of sp³-hybridized carbons (Fsp3) is 0.471. The molecule has 1 aromatic carbocycles. The fourth-order valence-electron chi connectivity index (χ4n) is 2.56. The van der Waals surface area contributed by atoms with Crippen molar-refractivity contribution in [3.63, 3.8) is 0 Å². The van der Waals surface area contributed by atoms with Crippen LogP contribution in [-0.2, 0) is 0 Å². The number of rotatable bonds is 2. The number of nitrogens with zero attached hydrogens (tertiary/aromatic N) is 1. The first-order valence-corrected chi connectivity index (χ1v) is 7.38. The van der Waals surface area contributed by atoms with Crippen molar-refractivity contribution in [2.45, 2.75) is 25.8 Å². The molecule has 4 nitrogen and oxygen atoms in total. The largest absolute Gasteiger partial charge is 0.349 e. The molecule has 1 amide bonds. The average molecular weight is 285 g/mol. The number of nitrogens with two attached hydrogens (primary N) is 1. The van der Waals surface area contributed by atoms with Gasteiger partial charge >= 0.3 is 0 Å². The highest BCUT2D eigenvalue weighted by Crippen LogP contribution is 2.12. The van der Waals surface area contributed by atoms with E-state index >= 15 is 0 Å². The second-order valence-electron chi connectivity index (χ2n) is 5.64. The molecule has 3 N–H and O–H groups in total. The molecular weight excluding hydrogens is 262 g/mol. The molecule has 112 valence electrons. The Labute approximate surface area is 126 Å². The third-order valence-corrected chi connectivity index (χ3v) is 3.73. The number of aryl methyl sites for hydroxylation is 1. The van der Waals surface area contributed by atoms with E-state index in [4.69, 9.17) is 5.73 Å². The maximum absolute atomic E-state index is 12.4. The van der Waals surface area contributed by atoms with Crippen molar-refractivity contribution in [1.82, 2.24) is 10.2 Å². The van der Waals surface area contributed by atoms with Crippen molar-refractivity contribution in [2.75, 3.05) is 26.7 Å². The predicted octanol–water partition coefficient (Wildman–Crippen LogP) is 1.13. The van der Waals surface area contributed by atoms with Crippen molar-refractivity contribution in [1.29, 1.82) is 0 Å². The van der Waals surface area contributed by atoms with Crippen LogP contribution < -0.4 is 11.1 Å². The SMILES string of the molecule is Cc1cc(C#CCN)cc(C(=O)NC2CCN(C)CC2)c1. The van der Waals surface area contributed by atoms with Gasteiger partial charge in [-0.2, -0.15) is 0 Å². The Morgan fingerprint density at radius 1 is 1.38 bits per heavy atom. The molecule has 0 bridgehead atoms. The van der Waals surface area contributed by atoms with E-state index in [9.17, 15) is 4.79 Å². The van der Waals surface area contributed by atoms with Crippen molar-refractivity contribution in [3.05, 3.63) is 34.9 Å². The van der Waals surface area contributed by atoms with E-state index in [1.54, 1.807) is 0 Å². The molecule has 0 radical (unpaired) electrons. The number of amides is 1. The van der Waals surface area contributed by atoms with E-state index in [-0.39, 0.29) is 11.9 Å². The molecule has 1 fully saturated rings. The summed E-state index contributed by atoms with van der Waals surface area (Å²) >= 11 is 0. The Kier molecular flexibility index (Phi) is 5.38. The van der Waals surface area contributed by atoms with Crippen LogP contribution in [0.15, 0.2) is 18.2 Å². The van der Waals surface area contributed by atoms with E-state index in [1.165, 1.54) is 0 Å². The highest BCUT2D eigenvalue weighted by atomic mass is 16.1. The minimum atomic E-state index is -0.0101. The van der Waals surface area contributed by atoms with Crippen LogP contribution in [-0.4, -0.2) is 43.5 Å². The Bertz CT molecular complexity index is 563. The Morgan fingerprint density at radius 3 is 2.76 bits per heavy atom. The first-order chi connectivity index (χ1) is 10.1. The summed E-state index contributed by atoms with van der Waals surface area (Å²) < 4.78 is 0. The predicted molar refractivity (Wildman–Crippen MR) is 85.1 cm³/mol. The van der Waals surface area contributed by atoms with Crippen LogP contribution >= 0.6 is 0 Å². The summed E-state index contributed by atoms with van der Waals surface area (Å²) in [5, 5.41) is 3.13. The number of carbonyl (C=O) groups excluding carboxylic acids is 1. The fourth-order valence-corrected chi connectivity index (χ4v) is 2.56. The molecule has 0 spiro atoms. The number of benzene rings is 1. The molecule has 0 aromatic heterocycles. The third-order valence-electron chi connectivity index (χ3n) is 3.73. The van der Waals surface area contributed by atoms with E-state index in [0.717, 1.165) is 37.1 Å². The summed E-state index contributed by atoms with van der Waals surface area (Å²) in [6.07, 6.45) is 2.02. The van der Waals surface area contributed by atoms with E-state index in [2.05, 4.69) is 29.1 Å². The number of hydrogen-bond acceptors (Lipinski definition) is 3. The minimum absolute atomic E-state index is 0.0101. The maximum Gasteiger partial charge on any atom is 0.251 e. The standard InChI is InChI=1S/C17H23N3O/c1-13-10-14(4-3-7-18)12-15(11-13)17(21)19-16-5-8-20(2)9-6-16/h10-12,16H,5-9,18H2,1-2H3,(H,19,21). The van der Waals surface area contributed by atoms with Crippen LogP contribution in [0.4, 0.5) is 0 Å². The topological polar surface area (TPSA) is 58.4 Å². The monoisotopic (exact) mass is 285 g/mol. The molecule has 4 heteroatoms. The number of nitrogens with one attached hydrogen (secondary N) is 1. The summed E-state index contributed by atoms with van der Waals surface area (Å²) in [7, 11) is 2.11. The second kappa shape index (κ2) is 7.26. The Hall–Kier alpha value is -1.83. The molecule has 1 saturated heterocycles. The summed E-state index contributed by atoms with van der Waals surface area (Å²) in [4.78, 5) is 14.7. The highest BCUT2D eigenvalue weighted by Gasteiger charge is 2.19. The van der Waals surface area contributed by atoms with Gasteiger partial charge in [0.2, 0.25) is 0 Å². The van der Waals surface area contributed by atoms with Crippen LogP contribution in [0, 0.1) is 18.8 Å². The lowest BCUT2D eigenvalue weighted by atomic mass is 10.0. The number of piperidine rings is 1. The quantitative estimate of drug-likeness (QED) is 0.801. The number of likely N-dealkylation sites (tertiary alicyclic amines) is 1. The summed E-state index contributed by atoms with van der Waals surface area (Å²) in [6, 6.07) is 5.97. The van der Waals surface area contributed by atoms with Gasteiger partial charge in [-0.15, -0.1) is 0 Å². The molecule has 0 atom stereocenters. The summed E-state index contributed by atoms with van der Waals surface area (Å²) in [6.45, 7) is 4.36. The molecule has 1 aliphatic heterocycles. The smallest absolute Gasteiger partial charge is 0.251 e. The van der Waals surface area contributed by atoms with Crippen LogP contribution in [0.5, 0.6) is 0 Å². The van der Waals surface area contributed by atoms with E-state index in [1.807, 2.05) is 25.1 Å². The third kappa shape index (κ3) is 4.59. The van der Waals surface area contributed by atoms with Crippen molar-refractivity contribution >= 4 is 5.91 Å². The average Bonchev–Trinajstić information content (AvgIpc) is 2.47. The first kappa shape index (κ1) is 15.6. The molecule has 21 heavy (non-hydrogen) atoms. The first-order valence-electron chi connectivity index (χ1n) is 7.38. The summed E-state index contributed by atoms with van der Waals surface area (Å²) in [5.41, 5.74) is 7.94. The number of carbonyl (C=O) groups is 1. The molecule has 0 aliphatic carbocycles. The van der Waals surface area contributed by atoms with Gasteiger partial charge < -0.3 is 16.0 Å². The number of hydrogen-bond donors (Lipinski definition) is 2. The molecule has 1 heterocycles. The van der Waals surface area contributed by atoms with Gasteiger partial charge in [-0.05, 0) is 63.7 Å². The van der Waals surface area contributed by atoms with Gasteiger partial charge in [-0.3, -0.25) is 4.79 Å². The molecule has 0 saturated carbocycles. The van der Waals surface area contributed by atoms with Crippen LogP contribution in [0.1, 0.15) is 34.3 Å². The maximum atomic E-state index is 12.4. The molecule has 2 rings (SSSR count). The zero-order valence-electron chi connectivity index (χ0n) is 12.8. The molecule has 1 aromatic rings. The zero-order chi connectivity index (χ0) is 15.2. The van der Waals surface area contributed by atoms with Gasteiger partial charge in [0.25, 0.3) is 5.91 Å². The van der Waals surface area contributed by atoms with Crippen molar-refractivity contribution < 1.29 is 4.79 Å². The van der Waals surface area contributed by atoms with Gasteiger partial charge in [0.1, 0.15) is 0 Å². The van der Waals surface area contributed by atoms with Gasteiger partial charge in [-0.25, -0.2) is 0 Å². The van der Waals surface area contributed by atoms with Crippen molar-refractivity contribution in [2.24, 2.45) is 5.73 Å². The van der Waals surface area contributed by atoms with Gasteiger partial charge in [0.05, 0.1) is 6.54 Å². The lowest BCUT2D eigenvalue weighted by Gasteiger charge is -2.29. The molecule has 1 aliphatic rings. The lowest BCUT2D eigenvalue weighted by Crippen LogP contribution is -2.43. The Morgan fingerprint density at radius 2 is 2.10 bits per heavy atom. The van der Waals surface area contributed by atoms with Crippen LogP contribution in [0.3, 0.4) is 0 Å². The highest BCUT2D eigenvalue weighted by molar-refractivity contribution is 5.95. The zero-order valence-corrected chi connectivity index (χ0v) is 12.8. The van der Waals surface area contributed by atoms with Crippen LogP contribution in [0.25, 0.3) is 0 Å². The van der Waals surface area contributed by atoms with Crippen LogP contribution in [0.2, 0.25) is 0 Å². The van der Waals surface area contributed by atoms with E-state index < -0.39 is 0 Å². The second-order valence-corrected chi connectivity index (χ2v) is 5.64. The van der Waals surface area contributed by atoms with Crippen molar-refractivity contribution in [3.8, 4) is 11.8 Å². The van der Waals surface area contributed by atoms with Gasteiger partial charge in [0.15, 0.2) is 0 Å². The lowest BCUT2D eigenvalue weighted by molar-refractivity contribution is 0.0916. The normalized spacial score (nSPS) is 16.1. The van der Waals surface area contributed by atoms with Gasteiger partial charge in [0, 0.05) is 17.2 Å². The van der Waals surface area contributed by atoms with E-state index in [0.29, 0.717) is 12.1 Å². The van der Waals surface area contributed by atoms with Gasteiger partial charge in [-0.1, -0.05) is 11.8 Å². The Balaban J connectivity index is 2.06. The molecule has 0 unspecified atom stereocenters. The minimum Gasteiger partial charge on any atom is -0.349 e.